The maximum Gasteiger partial charge on any atom is 0.248 e. The first-order valence-electron chi connectivity index (χ1n) is 6.39. The van der Waals surface area contributed by atoms with Gasteiger partial charge in [-0.2, -0.15) is 5.10 Å². The molecule has 1 heterocycles. The van der Waals surface area contributed by atoms with E-state index in [9.17, 15) is 9.90 Å². The highest BCUT2D eigenvalue weighted by molar-refractivity contribution is 5.94. The lowest BCUT2D eigenvalue weighted by atomic mass is 10.1. The van der Waals surface area contributed by atoms with Crippen molar-refractivity contribution in [1.82, 2.24) is 10.2 Å². The number of nitrogens with two attached hydrogens (primary N) is 1. The van der Waals surface area contributed by atoms with E-state index < -0.39 is 5.91 Å². The van der Waals surface area contributed by atoms with Crippen molar-refractivity contribution in [2.45, 2.75) is 0 Å². The van der Waals surface area contributed by atoms with Gasteiger partial charge in [0.1, 0.15) is 5.75 Å². The highest BCUT2D eigenvalue weighted by Crippen LogP contribution is 2.31. The van der Waals surface area contributed by atoms with Gasteiger partial charge in [-0.05, 0) is 24.3 Å². The Labute approximate surface area is 121 Å². The van der Waals surface area contributed by atoms with E-state index in [-0.39, 0.29) is 5.75 Å². The minimum Gasteiger partial charge on any atom is -0.507 e. The van der Waals surface area contributed by atoms with Crippen molar-refractivity contribution < 1.29 is 9.90 Å². The highest BCUT2D eigenvalue weighted by atomic mass is 16.3. The number of rotatable bonds is 3. The predicted molar refractivity (Wildman–Crippen MR) is 79.6 cm³/mol. The van der Waals surface area contributed by atoms with Gasteiger partial charge in [0.2, 0.25) is 5.91 Å². The molecule has 4 N–H and O–H groups in total. The van der Waals surface area contributed by atoms with Crippen molar-refractivity contribution in [2.75, 3.05) is 0 Å². The van der Waals surface area contributed by atoms with Crippen LogP contribution in [0.2, 0.25) is 0 Å². The molecule has 0 unspecified atom stereocenters. The fraction of sp³-hybridized carbons (Fsp3) is 0. The second-order valence-corrected chi connectivity index (χ2v) is 4.63. The van der Waals surface area contributed by atoms with Crippen LogP contribution in [0.5, 0.6) is 5.75 Å². The van der Waals surface area contributed by atoms with Crippen LogP contribution in [0.1, 0.15) is 10.4 Å². The van der Waals surface area contributed by atoms with Gasteiger partial charge in [0.25, 0.3) is 0 Å². The summed E-state index contributed by atoms with van der Waals surface area (Å²) in [6.45, 7) is 0. The zero-order chi connectivity index (χ0) is 14.8. The molecule has 0 atom stereocenters. The van der Waals surface area contributed by atoms with Gasteiger partial charge in [-0.1, -0.05) is 30.3 Å². The summed E-state index contributed by atoms with van der Waals surface area (Å²) in [5, 5.41) is 17.0. The summed E-state index contributed by atoms with van der Waals surface area (Å²) in [6, 6.07) is 15.9. The Balaban J connectivity index is 2.04. The van der Waals surface area contributed by atoms with Gasteiger partial charge in [0.15, 0.2) is 0 Å². The minimum absolute atomic E-state index is 0.0586. The Morgan fingerprint density at radius 1 is 1.10 bits per heavy atom. The van der Waals surface area contributed by atoms with E-state index in [1.165, 1.54) is 12.1 Å². The summed E-state index contributed by atoms with van der Waals surface area (Å²) in [6.07, 6.45) is 0. The largest absolute Gasteiger partial charge is 0.507 e. The number of primary amides is 1. The molecule has 5 nitrogen and oxygen atoms in total. The third-order valence-electron chi connectivity index (χ3n) is 3.22. The first-order valence-corrected chi connectivity index (χ1v) is 6.39. The third kappa shape index (κ3) is 2.49. The summed E-state index contributed by atoms with van der Waals surface area (Å²) in [4.78, 5) is 11.2. The van der Waals surface area contributed by atoms with Crippen molar-refractivity contribution in [3.8, 4) is 28.3 Å². The Hall–Kier alpha value is -3.08. The molecule has 1 amide bonds. The second-order valence-electron chi connectivity index (χ2n) is 4.63. The Morgan fingerprint density at radius 3 is 2.57 bits per heavy atom. The number of nitrogens with one attached hydrogen (secondary N) is 1. The monoisotopic (exact) mass is 279 g/mol. The summed E-state index contributed by atoms with van der Waals surface area (Å²) < 4.78 is 0. The number of H-pyrrole nitrogens is 1. The van der Waals surface area contributed by atoms with Crippen LogP contribution in [0.15, 0.2) is 54.6 Å². The van der Waals surface area contributed by atoms with Gasteiger partial charge in [0.05, 0.1) is 11.4 Å². The van der Waals surface area contributed by atoms with E-state index in [1.54, 1.807) is 6.07 Å². The van der Waals surface area contributed by atoms with Gasteiger partial charge in [-0.3, -0.25) is 9.89 Å². The lowest BCUT2D eigenvalue weighted by Gasteiger charge is -2.03. The van der Waals surface area contributed by atoms with E-state index in [0.717, 1.165) is 11.3 Å². The van der Waals surface area contributed by atoms with Crippen molar-refractivity contribution in [2.24, 2.45) is 5.73 Å². The van der Waals surface area contributed by atoms with Crippen molar-refractivity contribution in [1.29, 1.82) is 0 Å². The molecule has 0 fully saturated rings. The highest BCUT2D eigenvalue weighted by Gasteiger charge is 2.12. The van der Waals surface area contributed by atoms with Gasteiger partial charge in [-0.25, -0.2) is 0 Å². The number of nitrogens with zero attached hydrogens (tertiary/aromatic N) is 1. The van der Waals surface area contributed by atoms with E-state index in [0.29, 0.717) is 16.8 Å². The minimum atomic E-state index is -0.543. The molecule has 0 saturated carbocycles. The molecule has 0 spiro atoms. The van der Waals surface area contributed by atoms with Gasteiger partial charge in [0, 0.05) is 16.7 Å². The number of benzene rings is 2. The number of hydrogen-bond donors (Lipinski definition) is 3. The molecular weight excluding hydrogens is 266 g/mol. The standard InChI is InChI=1S/C16H13N3O2/c17-16(21)11-6-7-15(20)12(8-11)14-9-13(18-19-14)10-4-2-1-3-5-10/h1-9,20H,(H2,17,21)(H,18,19). The molecule has 0 aliphatic heterocycles. The molecular formula is C16H13N3O2. The van der Waals surface area contributed by atoms with Crippen LogP contribution in [0.4, 0.5) is 0 Å². The molecule has 0 bridgehead atoms. The number of aromatic nitrogens is 2. The fourth-order valence-electron chi connectivity index (χ4n) is 2.12. The van der Waals surface area contributed by atoms with E-state index >= 15 is 0 Å². The van der Waals surface area contributed by atoms with Crippen LogP contribution in [0.3, 0.4) is 0 Å². The van der Waals surface area contributed by atoms with E-state index in [2.05, 4.69) is 10.2 Å². The second kappa shape index (κ2) is 5.13. The van der Waals surface area contributed by atoms with Crippen LogP contribution in [0.25, 0.3) is 22.5 Å². The number of phenols is 1. The van der Waals surface area contributed by atoms with E-state index in [4.69, 9.17) is 5.73 Å². The van der Waals surface area contributed by atoms with Crippen LogP contribution in [-0.4, -0.2) is 21.2 Å². The Kier molecular flexibility index (Phi) is 3.16. The number of aromatic amines is 1. The Bertz CT molecular complexity index is 794. The zero-order valence-electron chi connectivity index (χ0n) is 11.1. The summed E-state index contributed by atoms with van der Waals surface area (Å²) in [7, 11) is 0. The normalized spacial score (nSPS) is 10.5. The summed E-state index contributed by atoms with van der Waals surface area (Å²) in [5.74, 6) is -0.484. The number of phenolic OH excluding ortho intramolecular Hbond substituents is 1. The molecule has 3 rings (SSSR count). The predicted octanol–water partition coefficient (Wildman–Crippen LogP) is 2.55. The van der Waals surface area contributed by atoms with Crippen molar-refractivity contribution in [3.63, 3.8) is 0 Å². The van der Waals surface area contributed by atoms with Gasteiger partial charge >= 0.3 is 0 Å². The molecule has 104 valence electrons. The number of hydrogen-bond acceptors (Lipinski definition) is 3. The van der Waals surface area contributed by atoms with Crippen LogP contribution < -0.4 is 5.73 Å². The first kappa shape index (κ1) is 12.9. The first-order chi connectivity index (χ1) is 10.1. The number of aromatic hydroxyl groups is 1. The van der Waals surface area contributed by atoms with E-state index in [1.807, 2.05) is 36.4 Å². The molecule has 5 heteroatoms. The third-order valence-corrected chi connectivity index (χ3v) is 3.22. The van der Waals surface area contributed by atoms with Crippen LogP contribution >= 0.6 is 0 Å². The van der Waals surface area contributed by atoms with Crippen LogP contribution in [0, 0.1) is 0 Å². The fourth-order valence-corrected chi connectivity index (χ4v) is 2.12. The molecule has 0 saturated heterocycles. The molecule has 3 aromatic rings. The topological polar surface area (TPSA) is 92.0 Å². The number of amides is 1. The maximum atomic E-state index is 11.2. The lowest BCUT2D eigenvalue weighted by Crippen LogP contribution is -2.10. The molecule has 21 heavy (non-hydrogen) atoms. The quantitative estimate of drug-likeness (QED) is 0.688. The average molecular weight is 279 g/mol. The molecule has 1 aromatic heterocycles. The molecule has 0 aliphatic rings. The van der Waals surface area contributed by atoms with Crippen LogP contribution in [-0.2, 0) is 0 Å². The molecule has 0 aliphatic carbocycles. The Morgan fingerprint density at radius 2 is 1.86 bits per heavy atom. The zero-order valence-corrected chi connectivity index (χ0v) is 11.1. The van der Waals surface area contributed by atoms with Crippen molar-refractivity contribution in [3.05, 3.63) is 60.2 Å². The maximum absolute atomic E-state index is 11.2. The summed E-state index contributed by atoms with van der Waals surface area (Å²) in [5.41, 5.74) is 8.42. The van der Waals surface area contributed by atoms with Gasteiger partial charge in [-0.15, -0.1) is 0 Å². The lowest BCUT2D eigenvalue weighted by molar-refractivity contribution is 0.100. The smallest absolute Gasteiger partial charge is 0.248 e. The van der Waals surface area contributed by atoms with Crippen molar-refractivity contribution >= 4 is 5.91 Å². The molecule has 2 aromatic carbocycles. The van der Waals surface area contributed by atoms with Gasteiger partial charge < -0.3 is 10.8 Å². The number of carbonyl (C=O) groups is 1. The SMILES string of the molecule is NC(=O)c1ccc(O)c(-c2cc(-c3ccccc3)n[nH]2)c1. The molecule has 0 radical (unpaired) electrons. The number of carbonyl (C=O) groups excluding carboxylic acids is 1. The summed E-state index contributed by atoms with van der Waals surface area (Å²) >= 11 is 0. The average Bonchev–Trinajstić information content (AvgIpc) is 2.98.